The Morgan fingerprint density at radius 3 is 2.59 bits per heavy atom. The highest BCUT2D eigenvalue weighted by atomic mass is 19.1. The second kappa shape index (κ2) is 5.10. The van der Waals surface area contributed by atoms with Crippen LogP contribution in [0, 0.1) is 11.6 Å². The molecule has 0 bridgehead atoms. The lowest BCUT2D eigenvalue weighted by atomic mass is 10.0. The van der Waals surface area contributed by atoms with E-state index >= 15 is 0 Å². The van der Waals surface area contributed by atoms with E-state index < -0.39 is 11.6 Å². The molecular weight excluding hydrogens is 222 g/mol. The molecule has 2 N–H and O–H groups in total. The maximum Gasteiger partial charge on any atom is 0.130 e. The van der Waals surface area contributed by atoms with E-state index in [2.05, 4.69) is 4.90 Å². The number of benzene rings is 1. The Hall–Kier alpha value is -1.00. The van der Waals surface area contributed by atoms with Crippen LogP contribution in [-0.2, 0) is 0 Å². The summed E-state index contributed by atoms with van der Waals surface area (Å²) in [4.78, 5) is 2.20. The lowest BCUT2D eigenvalue weighted by Gasteiger charge is -2.30. The molecular formula is C13H18F2N2. The van der Waals surface area contributed by atoms with Crippen molar-refractivity contribution in [3.63, 3.8) is 0 Å². The summed E-state index contributed by atoms with van der Waals surface area (Å²) >= 11 is 0. The predicted octanol–water partition coefficient (Wildman–Crippen LogP) is 2.45. The number of hydrogen-bond donors (Lipinski definition) is 1. The molecule has 0 aromatic heterocycles. The normalized spacial score (nSPS) is 17.5. The molecule has 2 rings (SSSR count). The van der Waals surface area contributed by atoms with Crippen molar-refractivity contribution < 1.29 is 8.78 Å². The van der Waals surface area contributed by atoms with Gasteiger partial charge in [0.1, 0.15) is 11.6 Å². The van der Waals surface area contributed by atoms with Crippen molar-refractivity contribution in [3.05, 3.63) is 35.4 Å². The average molecular weight is 240 g/mol. The second-order valence-corrected chi connectivity index (χ2v) is 4.48. The molecule has 0 aliphatic heterocycles. The molecule has 0 heterocycles. The van der Waals surface area contributed by atoms with Crippen molar-refractivity contribution in [1.29, 1.82) is 0 Å². The summed E-state index contributed by atoms with van der Waals surface area (Å²) in [6.07, 6.45) is 2.29. The molecule has 0 saturated heterocycles. The monoisotopic (exact) mass is 240 g/mol. The van der Waals surface area contributed by atoms with E-state index in [1.807, 2.05) is 6.92 Å². The summed E-state index contributed by atoms with van der Waals surface area (Å²) < 4.78 is 26.6. The highest BCUT2D eigenvalue weighted by Gasteiger charge is 2.33. The van der Waals surface area contributed by atoms with Gasteiger partial charge < -0.3 is 5.73 Å². The van der Waals surface area contributed by atoms with Gasteiger partial charge in [-0.15, -0.1) is 0 Å². The van der Waals surface area contributed by atoms with Gasteiger partial charge in [-0.05, 0) is 25.5 Å². The third-order valence-electron chi connectivity index (χ3n) is 3.33. The van der Waals surface area contributed by atoms with Crippen LogP contribution in [0.25, 0.3) is 0 Å². The first-order chi connectivity index (χ1) is 8.17. The van der Waals surface area contributed by atoms with Gasteiger partial charge in [0.2, 0.25) is 0 Å². The summed E-state index contributed by atoms with van der Waals surface area (Å²) in [5, 5.41) is 0. The van der Waals surface area contributed by atoms with E-state index in [0.29, 0.717) is 18.2 Å². The molecule has 1 fully saturated rings. The van der Waals surface area contributed by atoms with Crippen LogP contribution in [0.3, 0.4) is 0 Å². The van der Waals surface area contributed by atoms with Gasteiger partial charge in [0.15, 0.2) is 0 Å². The van der Waals surface area contributed by atoms with E-state index in [4.69, 9.17) is 5.73 Å². The topological polar surface area (TPSA) is 29.3 Å². The molecule has 1 aliphatic rings. The second-order valence-electron chi connectivity index (χ2n) is 4.48. The van der Waals surface area contributed by atoms with Crippen LogP contribution >= 0.6 is 0 Å². The van der Waals surface area contributed by atoms with Gasteiger partial charge in [-0.3, -0.25) is 4.90 Å². The largest absolute Gasteiger partial charge is 0.329 e. The average Bonchev–Trinajstić information content (AvgIpc) is 3.11. The first-order valence-corrected chi connectivity index (χ1v) is 6.08. The van der Waals surface area contributed by atoms with Crippen LogP contribution in [-0.4, -0.2) is 24.0 Å². The highest BCUT2D eigenvalue weighted by Crippen LogP contribution is 2.34. The number of nitrogens with zero attached hydrogens (tertiary/aromatic N) is 1. The third kappa shape index (κ3) is 2.64. The molecule has 1 saturated carbocycles. The zero-order valence-electron chi connectivity index (χ0n) is 10.00. The number of nitrogens with two attached hydrogens (primary N) is 1. The quantitative estimate of drug-likeness (QED) is 0.856. The fourth-order valence-electron chi connectivity index (χ4n) is 2.35. The minimum Gasteiger partial charge on any atom is -0.329 e. The Bertz CT molecular complexity index is 391. The fourth-order valence-corrected chi connectivity index (χ4v) is 2.35. The van der Waals surface area contributed by atoms with Crippen LogP contribution in [0.2, 0.25) is 0 Å². The lowest BCUT2D eigenvalue weighted by Crippen LogP contribution is -2.35. The molecule has 94 valence electrons. The molecule has 1 aromatic carbocycles. The van der Waals surface area contributed by atoms with Crippen LogP contribution in [0.1, 0.15) is 31.4 Å². The summed E-state index contributed by atoms with van der Waals surface area (Å²) in [7, 11) is 0. The van der Waals surface area contributed by atoms with Gasteiger partial charge in [0.05, 0.1) is 6.04 Å². The molecule has 4 heteroatoms. The molecule has 1 aromatic rings. The summed E-state index contributed by atoms with van der Waals surface area (Å²) in [5.74, 6) is -1.05. The number of hydrogen-bond acceptors (Lipinski definition) is 2. The number of likely N-dealkylation sites (N-methyl/N-ethyl adjacent to an activating group) is 1. The van der Waals surface area contributed by atoms with Gasteiger partial charge in [-0.2, -0.15) is 0 Å². The van der Waals surface area contributed by atoms with Crippen molar-refractivity contribution in [2.45, 2.75) is 31.8 Å². The molecule has 0 amide bonds. The van der Waals surface area contributed by atoms with Gasteiger partial charge in [0, 0.05) is 24.2 Å². The van der Waals surface area contributed by atoms with Gasteiger partial charge >= 0.3 is 0 Å². The van der Waals surface area contributed by atoms with E-state index in [-0.39, 0.29) is 6.04 Å². The number of rotatable bonds is 5. The smallest absolute Gasteiger partial charge is 0.130 e. The van der Waals surface area contributed by atoms with E-state index in [1.54, 1.807) is 0 Å². The minimum atomic E-state index is -0.545. The standard InChI is InChI=1S/C13H18F2N2/c1-2-17(10-4-5-10)13(8-16)11-6-3-9(14)7-12(11)15/h3,6-7,10,13H,2,4-5,8,16H2,1H3. The Balaban J connectivity index is 2.26. The summed E-state index contributed by atoms with van der Waals surface area (Å²) in [6.45, 7) is 3.23. The molecule has 0 spiro atoms. The first-order valence-electron chi connectivity index (χ1n) is 6.08. The third-order valence-corrected chi connectivity index (χ3v) is 3.33. The minimum absolute atomic E-state index is 0.145. The van der Waals surface area contributed by atoms with Gasteiger partial charge in [-0.1, -0.05) is 13.0 Å². The van der Waals surface area contributed by atoms with Crippen LogP contribution in [0.5, 0.6) is 0 Å². The maximum absolute atomic E-state index is 13.7. The zero-order chi connectivity index (χ0) is 12.4. The highest BCUT2D eigenvalue weighted by molar-refractivity contribution is 5.23. The fraction of sp³-hybridized carbons (Fsp3) is 0.538. The molecule has 2 nitrogen and oxygen atoms in total. The molecule has 17 heavy (non-hydrogen) atoms. The van der Waals surface area contributed by atoms with Gasteiger partial charge in [0.25, 0.3) is 0 Å². The zero-order valence-corrected chi connectivity index (χ0v) is 10.00. The number of halogens is 2. The summed E-state index contributed by atoms with van der Waals surface area (Å²) in [6, 6.07) is 4.10. The lowest BCUT2D eigenvalue weighted by molar-refractivity contribution is 0.198. The van der Waals surface area contributed by atoms with E-state index in [9.17, 15) is 8.78 Å². The SMILES string of the molecule is CCN(C1CC1)C(CN)c1ccc(F)cc1F. The predicted molar refractivity (Wildman–Crippen MR) is 63.6 cm³/mol. The van der Waals surface area contributed by atoms with Crippen LogP contribution in [0.15, 0.2) is 18.2 Å². The molecule has 1 unspecified atom stereocenters. The Labute approximate surface area is 100 Å². The van der Waals surface area contributed by atoms with E-state index in [1.165, 1.54) is 12.1 Å². The Morgan fingerprint density at radius 1 is 1.41 bits per heavy atom. The first kappa shape index (κ1) is 12.5. The summed E-state index contributed by atoms with van der Waals surface area (Å²) in [5.41, 5.74) is 6.25. The molecule has 0 radical (unpaired) electrons. The van der Waals surface area contributed by atoms with Gasteiger partial charge in [-0.25, -0.2) is 8.78 Å². The van der Waals surface area contributed by atoms with Crippen molar-refractivity contribution in [2.24, 2.45) is 5.73 Å². The van der Waals surface area contributed by atoms with Crippen molar-refractivity contribution in [3.8, 4) is 0 Å². The van der Waals surface area contributed by atoms with Crippen LogP contribution in [0.4, 0.5) is 8.78 Å². The molecule has 1 aliphatic carbocycles. The van der Waals surface area contributed by atoms with Crippen molar-refractivity contribution in [2.75, 3.05) is 13.1 Å². The van der Waals surface area contributed by atoms with Crippen molar-refractivity contribution in [1.82, 2.24) is 4.90 Å². The van der Waals surface area contributed by atoms with Crippen molar-refractivity contribution >= 4 is 0 Å². The van der Waals surface area contributed by atoms with Crippen LogP contribution < -0.4 is 5.73 Å². The Morgan fingerprint density at radius 2 is 2.12 bits per heavy atom. The maximum atomic E-state index is 13.7. The van der Waals surface area contributed by atoms with E-state index in [0.717, 1.165) is 25.5 Å². The molecule has 1 atom stereocenters. The Kier molecular flexibility index (Phi) is 3.74.